The Morgan fingerprint density at radius 1 is 1.38 bits per heavy atom. The van der Waals surface area contributed by atoms with Crippen LogP contribution in [0.3, 0.4) is 0 Å². The topological polar surface area (TPSA) is 33.2 Å². The molecule has 0 saturated carbocycles. The third-order valence-electron chi connectivity index (χ3n) is 3.11. The van der Waals surface area contributed by atoms with Gasteiger partial charge in [0, 0.05) is 17.3 Å². The Balaban J connectivity index is 2.04. The molecule has 7 heteroatoms. The molecule has 0 saturated heterocycles. The van der Waals surface area contributed by atoms with Crippen molar-refractivity contribution in [1.82, 2.24) is 4.98 Å². The largest absolute Gasteiger partial charge is 0.304 e. The lowest BCUT2D eigenvalue weighted by Gasteiger charge is -2.25. The molecule has 3 nitrogen and oxygen atoms in total. The molecular weight excluding hydrogens is 331 g/mol. The Hall–Kier alpha value is -1.37. The van der Waals surface area contributed by atoms with Gasteiger partial charge in [0.2, 0.25) is 0 Å². The minimum Gasteiger partial charge on any atom is -0.304 e. The molecule has 2 heterocycles. The van der Waals surface area contributed by atoms with E-state index in [9.17, 15) is 9.18 Å². The van der Waals surface area contributed by atoms with E-state index in [-0.39, 0.29) is 11.2 Å². The fourth-order valence-electron chi connectivity index (χ4n) is 2.15. The average Bonchev–Trinajstić information content (AvgIpc) is 3.06. The summed E-state index contributed by atoms with van der Waals surface area (Å²) >= 11 is 8.50. The first-order valence-corrected chi connectivity index (χ1v) is 8.23. The van der Waals surface area contributed by atoms with Gasteiger partial charge in [-0.25, -0.2) is 9.37 Å². The monoisotopic (exact) mass is 340 g/mol. The molecule has 1 aromatic heterocycles. The molecule has 3 rings (SSSR count). The number of hydrogen-bond acceptors (Lipinski definition) is 5. The molecule has 0 bridgehead atoms. The van der Waals surface area contributed by atoms with Crippen LogP contribution in [-0.2, 0) is 4.79 Å². The second kappa shape index (κ2) is 5.79. The van der Waals surface area contributed by atoms with Crippen molar-refractivity contribution in [2.75, 3.05) is 4.90 Å². The quantitative estimate of drug-likeness (QED) is 0.768. The van der Waals surface area contributed by atoms with E-state index in [2.05, 4.69) is 4.98 Å². The summed E-state index contributed by atoms with van der Waals surface area (Å²) in [5.74, 6) is -0.291. The third kappa shape index (κ3) is 2.71. The Morgan fingerprint density at radius 2 is 2.10 bits per heavy atom. The van der Waals surface area contributed by atoms with Gasteiger partial charge in [0.15, 0.2) is 5.13 Å². The summed E-state index contributed by atoms with van der Waals surface area (Å²) < 4.78 is 13.1. The van der Waals surface area contributed by atoms with Crippen molar-refractivity contribution >= 4 is 45.1 Å². The number of thiazole rings is 1. The lowest BCUT2D eigenvalue weighted by atomic mass is 10.2. The number of benzene rings is 1. The number of thioether (sulfide) groups is 1. The van der Waals surface area contributed by atoms with Gasteiger partial charge in [0.05, 0.1) is 4.91 Å². The van der Waals surface area contributed by atoms with Gasteiger partial charge in [-0.3, -0.25) is 4.79 Å². The maximum absolute atomic E-state index is 13.1. The third-order valence-corrected chi connectivity index (χ3v) is 5.61. The van der Waals surface area contributed by atoms with E-state index >= 15 is 0 Å². The lowest BCUT2D eigenvalue weighted by molar-refractivity contribution is -0.108. The minimum atomic E-state index is -0.483. The highest BCUT2D eigenvalue weighted by Crippen LogP contribution is 2.50. The number of nitrogens with zero attached hydrogens (tertiary/aromatic N) is 2. The lowest BCUT2D eigenvalue weighted by Crippen LogP contribution is -2.20. The molecule has 1 atom stereocenters. The van der Waals surface area contributed by atoms with E-state index < -0.39 is 5.24 Å². The summed E-state index contributed by atoms with van der Waals surface area (Å²) in [6.45, 7) is 1.84. The summed E-state index contributed by atoms with van der Waals surface area (Å²) in [4.78, 5) is 18.3. The fourth-order valence-corrected chi connectivity index (χ4v) is 4.45. The van der Waals surface area contributed by atoms with Crippen LogP contribution in [0.15, 0.2) is 46.4 Å². The first kappa shape index (κ1) is 14.6. The second-order valence-corrected chi connectivity index (χ2v) is 6.70. The number of carbonyl (C=O) groups is 1. The Labute approximate surface area is 134 Å². The highest BCUT2D eigenvalue weighted by atomic mass is 35.5. The van der Waals surface area contributed by atoms with Gasteiger partial charge in [-0.2, -0.15) is 0 Å². The predicted molar refractivity (Wildman–Crippen MR) is 84.9 cm³/mol. The minimum absolute atomic E-state index is 0.172. The molecule has 0 amide bonds. The molecule has 0 spiro atoms. The van der Waals surface area contributed by atoms with Crippen LogP contribution in [0.1, 0.15) is 17.9 Å². The molecule has 0 radical (unpaired) electrons. The van der Waals surface area contributed by atoms with Crippen LogP contribution in [0.25, 0.3) is 0 Å². The van der Waals surface area contributed by atoms with Crippen LogP contribution >= 0.6 is 34.7 Å². The zero-order valence-corrected chi connectivity index (χ0v) is 13.3. The maximum Gasteiger partial charge on any atom is 0.260 e. The van der Waals surface area contributed by atoms with Crippen molar-refractivity contribution < 1.29 is 9.18 Å². The molecule has 108 valence electrons. The van der Waals surface area contributed by atoms with Gasteiger partial charge >= 0.3 is 0 Å². The highest BCUT2D eigenvalue weighted by Gasteiger charge is 2.36. The maximum atomic E-state index is 13.1. The van der Waals surface area contributed by atoms with Crippen molar-refractivity contribution in [2.24, 2.45) is 0 Å². The van der Waals surface area contributed by atoms with Crippen molar-refractivity contribution in [3.63, 3.8) is 0 Å². The Bertz CT molecular complexity index is 700. The molecule has 2 aromatic rings. The zero-order valence-electron chi connectivity index (χ0n) is 10.9. The summed E-state index contributed by atoms with van der Waals surface area (Å²) in [5.41, 5.74) is 1.66. The van der Waals surface area contributed by atoms with Crippen molar-refractivity contribution in [3.05, 3.63) is 57.8 Å². The summed E-state index contributed by atoms with van der Waals surface area (Å²) in [5, 5.41) is 2.00. The molecule has 1 unspecified atom stereocenters. The van der Waals surface area contributed by atoms with Crippen LogP contribution in [0.5, 0.6) is 0 Å². The molecule has 1 aromatic carbocycles. The van der Waals surface area contributed by atoms with Crippen LogP contribution in [-0.4, -0.2) is 10.2 Å². The molecule has 0 fully saturated rings. The van der Waals surface area contributed by atoms with Crippen LogP contribution < -0.4 is 4.90 Å². The number of halogens is 2. The van der Waals surface area contributed by atoms with Gasteiger partial charge < -0.3 is 4.90 Å². The Kier molecular flexibility index (Phi) is 4.01. The number of carbonyl (C=O) groups excluding carboxylic acids is 1. The van der Waals surface area contributed by atoms with E-state index in [1.54, 1.807) is 18.3 Å². The normalized spacial score (nSPS) is 18.4. The van der Waals surface area contributed by atoms with Crippen molar-refractivity contribution in [1.29, 1.82) is 0 Å². The van der Waals surface area contributed by atoms with Gasteiger partial charge in [0.1, 0.15) is 11.2 Å². The molecule has 0 aliphatic carbocycles. The van der Waals surface area contributed by atoms with Gasteiger partial charge in [0.25, 0.3) is 5.24 Å². The van der Waals surface area contributed by atoms with Gasteiger partial charge in [-0.1, -0.05) is 23.9 Å². The van der Waals surface area contributed by atoms with Crippen LogP contribution in [0.2, 0.25) is 0 Å². The summed E-state index contributed by atoms with van der Waals surface area (Å²) in [6.07, 6.45) is 1.71. The van der Waals surface area contributed by atoms with Crippen molar-refractivity contribution in [2.45, 2.75) is 12.3 Å². The van der Waals surface area contributed by atoms with E-state index in [4.69, 9.17) is 11.6 Å². The number of aromatic nitrogens is 1. The predicted octanol–water partition coefficient (Wildman–Crippen LogP) is 4.53. The van der Waals surface area contributed by atoms with E-state index in [1.807, 2.05) is 17.2 Å². The smallest absolute Gasteiger partial charge is 0.260 e. The second-order valence-electron chi connectivity index (χ2n) is 4.39. The summed E-state index contributed by atoms with van der Waals surface area (Å²) in [7, 11) is 0. The number of rotatable bonds is 3. The zero-order chi connectivity index (χ0) is 15.0. The fraction of sp³-hybridized carbons (Fsp3) is 0.143. The molecule has 21 heavy (non-hydrogen) atoms. The van der Waals surface area contributed by atoms with Gasteiger partial charge in [-0.05, 0) is 36.2 Å². The van der Waals surface area contributed by atoms with E-state index in [1.165, 1.54) is 35.2 Å². The van der Waals surface area contributed by atoms with Crippen LogP contribution in [0, 0.1) is 5.82 Å². The average molecular weight is 341 g/mol. The number of anilines is 1. The highest BCUT2D eigenvalue weighted by molar-refractivity contribution is 8.04. The molecule has 0 N–H and O–H groups in total. The molecular formula is C14H10ClFN2OS2. The molecule has 1 aliphatic rings. The SMILES string of the molecule is CC1=C(C(=O)Cl)SC(c2ccc(F)cc2)N1c1nccs1. The van der Waals surface area contributed by atoms with Gasteiger partial charge in [-0.15, -0.1) is 11.3 Å². The Morgan fingerprint density at radius 3 is 2.67 bits per heavy atom. The molecule has 1 aliphatic heterocycles. The number of hydrogen-bond donors (Lipinski definition) is 0. The standard InChI is InChI=1S/C14H10ClFN2OS2/c1-8-11(12(15)19)21-13(9-2-4-10(16)5-3-9)18(8)14-17-6-7-20-14/h2-7,13H,1H3. The van der Waals surface area contributed by atoms with Crippen molar-refractivity contribution in [3.8, 4) is 0 Å². The van der Waals surface area contributed by atoms with Crippen LogP contribution in [0.4, 0.5) is 9.52 Å². The van der Waals surface area contributed by atoms with E-state index in [0.717, 1.165) is 16.4 Å². The summed E-state index contributed by atoms with van der Waals surface area (Å²) in [6, 6.07) is 6.24. The first-order valence-electron chi connectivity index (χ1n) is 6.09. The van der Waals surface area contributed by atoms with E-state index in [0.29, 0.717) is 4.91 Å². The number of allylic oxidation sites excluding steroid dienone is 2. The first-order chi connectivity index (χ1) is 10.1.